The molecule has 0 fully saturated rings. The number of halogens is 1. The highest BCUT2D eigenvalue weighted by molar-refractivity contribution is 7.99. The van der Waals surface area contributed by atoms with Crippen LogP contribution in [0.15, 0.2) is 82.6 Å². The standard InChI is InChI=1S/C22H19ClN2O3S2/c1-24(18-7-3-2-4-8-18)30(27,28)19-9-5-6-16(14-19)22(26)25-12-13-29-21-11-10-17(23)15-20(21)25/h2-11,14-15H,12-13H2,1H3. The molecule has 0 radical (unpaired) electrons. The number of hydrogen-bond donors (Lipinski definition) is 0. The van der Waals surface area contributed by atoms with Gasteiger partial charge in [-0.2, -0.15) is 0 Å². The highest BCUT2D eigenvalue weighted by Gasteiger charge is 2.27. The van der Waals surface area contributed by atoms with E-state index >= 15 is 0 Å². The molecule has 3 aromatic rings. The molecule has 5 nitrogen and oxygen atoms in total. The Morgan fingerprint density at radius 3 is 2.57 bits per heavy atom. The summed E-state index contributed by atoms with van der Waals surface area (Å²) in [6, 6.07) is 20.5. The molecule has 0 bridgehead atoms. The van der Waals surface area contributed by atoms with Gasteiger partial charge in [0.25, 0.3) is 15.9 Å². The average molecular weight is 459 g/mol. The van der Waals surface area contributed by atoms with E-state index in [-0.39, 0.29) is 10.8 Å². The van der Waals surface area contributed by atoms with Gasteiger partial charge in [-0.25, -0.2) is 8.42 Å². The van der Waals surface area contributed by atoms with Gasteiger partial charge in [-0.1, -0.05) is 35.9 Å². The number of fused-ring (bicyclic) bond motifs is 1. The lowest BCUT2D eigenvalue weighted by atomic mass is 10.1. The van der Waals surface area contributed by atoms with Gasteiger partial charge >= 0.3 is 0 Å². The van der Waals surface area contributed by atoms with Crippen LogP contribution in [0.25, 0.3) is 0 Å². The molecule has 30 heavy (non-hydrogen) atoms. The van der Waals surface area contributed by atoms with E-state index < -0.39 is 10.0 Å². The molecule has 0 aliphatic carbocycles. The number of rotatable bonds is 4. The van der Waals surface area contributed by atoms with E-state index in [0.29, 0.717) is 22.8 Å². The van der Waals surface area contributed by atoms with Crippen molar-refractivity contribution in [3.05, 3.63) is 83.4 Å². The molecule has 1 heterocycles. The molecule has 0 unspecified atom stereocenters. The molecular formula is C22H19ClN2O3S2. The van der Waals surface area contributed by atoms with E-state index in [0.717, 1.165) is 16.3 Å². The summed E-state index contributed by atoms with van der Waals surface area (Å²) in [6.07, 6.45) is 0. The quantitative estimate of drug-likeness (QED) is 0.557. The molecule has 8 heteroatoms. The van der Waals surface area contributed by atoms with E-state index in [2.05, 4.69) is 0 Å². The van der Waals surface area contributed by atoms with Crippen LogP contribution in [0.1, 0.15) is 10.4 Å². The number of carbonyl (C=O) groups excluding carboxylic acids is 1. The Balaban J connectivity index is 1.68. The van der Waals surface area contributed by atoms with Gasteiger partial charge in [0.2, 0.25) is 0 Å². The van der Waals surface area contributed by atoms with Crippen molar-refractivity contribution in [1.82, 2.24) is 0 Å². The second-order valence-corrected chi connectivity index (χ2v) is 10.3. The van der Waals surface area contributed by atoms with Gasteiger partial charge in [0.05, 0.1) is 16.3 Å². The first-order chi connectivity index (χ1) is 14.4. The number of carbonyl (C=O) groups is 1. The molecule has 0 atom stereocenters. The molecule has 1 aliphatic rings. The van der Waals surface area contributed by atoms with Gasteiger partial charge < -0.3 is 4.90 Å². The number of nitrogens with zero attached hydrogens (tertiary/aromatic N) is 2. The van der Waals surface area contributed by atoms with E-state index in [1.807, 2.05) is 12.1 Å². The second kappa shape index (κ2) is 8.34. The molecule has 1 amide bonds. The third-order valence-corrected chi connectivity index (χ3v) is 7.95. The van der Waals surface area contributed by atoms with Crippen LogP contribution in [-0.4, -0.2) is 33.7 Å². The third-order valence-electron chi connectivity index (χ3n) is 4.89. The molecule has 0 N–H and O–H groups in total. The number of para-hydroxylation sites is 1. The van der Waals surface area contributed by atoms with Crippen molar-refractivity contribution in [1.29, 1.82) is 0 Å². The Kier molecular flexibility index (Phi) is 5.77. The fourth-order valence-electron chi connectivity index (χ4n) is 3.28. The Labute approximate surface area is 185 Å². The van der Waals surface area contributed by atoms with E-state index in [1.165, 1.54) is 23.5 Å². The van der Waals surface area contributed by atoms with Crippen molar-refractivity contribution in [3.8, 4) is 0 Å². The van der Waals surface area contributed by atoms with Crippen molar-refractivity contribution in [2.24, 2.45) is 0 Å². The molecule has 154 valence electrons. The molecular weight excluding hydrogens is 440 g/mol. The summed E-state index contributed by atoms with van der Waals surface area (Å²) in [5.41, 5.74) is 1.61. The minimum Gasteiger partial charge on any atom is -0.306 e. The fraction of sp³-hybridized carbons (Fsp3) is 0.136. The third kappa shape index (κ3) is 3.93. The Hall–Kier alpha value is -2.48. The van der Waals surface area contributed by atoms with Crippen LogP contribution in [0.3, 0.4) is 0 Å². The van der Waals surface area contributed by atoms with E-state index in [1.54, 1.807) is 65.2 Å². The molecule has 0 aromatic heterocycles. The van der Waals surface area contributed by atoms with Crippen LogP contribution < -0.4 is 9.21 Å². The predicted molar refractivity (Wildman–Crippen MR) is 122 cm³/mol. The van der Waals surface area contributed by atoms with Crippen molar-refractivity contribution in [2.45, 2.75) is 9.79 Å². The first kappa shape index (κ1) is 20.8. The van der Waals surface area contributed by atoms with Crippen molar-refractivity contribution >= 4 is 50.7 Å². The smallest absolute Gasteiger partial charge is 0.264 e. The molecule has 1 aliphatic heterocycles. The van der Waals surface area contributed by atoms with Gasteiger partial charge in [0.1, 0.15) is 0 Å². The highest BCUT2D eigenvalue weighted by atomic mass is 35.5. The maximum Gasteiger partial charge on any atom is 0.264 e. The number of anilines is 2. The molecule has 3 aromatic carbocycles. The van der Waals surface area contributed by atoms with Crippen LogP contribution in [0.2, 0.25) is 5.02 Å². The first-order valence-electron chi connectivity index (χ1n) is 9.26. The average Bonchev–Trinajstić information content (AvgIpc) is 2.78. The largest absolute Gasteiger partial charge is 0.306 e. The van der Waals surface area contributed by atoms with Gasteiger partial charge in [-0.05, 0) is 48.5 Å². The number of hydrogen-bond acceptors (Lipinski definition) is 4. The summed E-state index contributed by atoms with van der Waals surface area (Å²) in [5, 5.41) is 0.551. The topological polar surface area (TPSA) is 57.7 Å². The van der Waals surface area contributed by atoms with E-state index in [9.17, 15) is 13.2 Å². The summed E-state index contributed by atoms with van der Waals surface area (Å²) in [6.45, 7) is 0.526. The molecule has 0 saturated heterocycles. The lowest BCUT2D eigenvalue weighted by molar-refractivity contribution is 0.0987. The van der Waals surface area contributed by atoms with Crippen LogP contribution in [0.5, 0.6) is 0 Å². The lowest BCUT2D eigenvalue weighted by Gasteiger charge is -2.29. The maximum atomic E-state index is 13.3. The predicted octanol–water partition coefficient (Wildman–Crippen LogP) is 4.92. The number of benzene rings is 3. The van der Waals surface area contributed by atoms with Crippen LogP contribution in [-0.2, 0) is 10.0 Å². The number of thioether (sulfide) groups is 1. The first-order valence-corrected chi connectivity index (χ1v) is 12.1. The van der Waals surface area contributed by atoms with Crippen LogP contribution >= 0.6 is 23.4 Å². The number of amides is 1. The monoisotopic (exact) mass is 458 g/mol. The molecule has 0 spiro atoms. The second-order valence-electron chi connectivity index (χ2n) is 6.75. The highest BCUT2D eigenvalue weighted by Crippen LogP contribution is 2.37. The summed E-state index contributed by atoms with van der Waals surface area (Å²) >= 11 is 7.81. The van der Waals surface area contributed by atoms with Gasteiger partial charge in [-0.15, -0.1) is 11.8 Å². The van der Waals surface area contributed by atoms with Crippen molar-refractivity contribution in [2.75, 3.05) is 28.6 Å². The summed E-state index contributed by atoms with van der Waals surface area (Å²) in [5.74, 6) is 0.507. The normalized spacial score (nSPS) is 13.6. The minimum atomic E-state index is -3.81. The molecule has 0 saturated carbocycles. The fourth-order valence-corrected chi connectivity index (χ4v) is 5.67. The van der Waals surface area contributed by atoms with E-state index in [4.69, 9.17) is 11.6 Å². The van der Waals surface area contributed by atoms with Crippen LogP contribution in [0.4, 0.5) is 11.4 Å². The summed E-state index contributed by atoms with van der Waals surface area (Å²) in [7, 11) is -2.31. The Morgan fingerprint density at radius 1 is 1.03 bits per heavy atom. The van der Waals surface area contributed by atoms with Crippen LogP contribution in [0, 0.1) is 0 Å². The molecule has 4 rings (SSSR count). The lowest BCUT2D eigenvalue weighted by Crippen LogP contribution is -2.35. The summed E-state index contributed by atoms with van der Waals surface area (Å²) < 4.78 is 27.4. The van der Waals surface area contributed by atoms with Crippen molar-refractivity contribution < 1.29 is 13.2 Å². The minimum absolute atomic E-state index is 0.0670. The SMILES string of the molecule is CN(c1ccccc1)S(=O)(=O)c1cccc(C(=O)N2CCSc3ccc(Cl)cc32)c1. The van der Waals surface area contributed by atoms with Crippen molar-refractivity contribution in [3.63, 3.8) is 0 Å². The Morgan fingerprint density at radius 2 is 1.80 bits per heavy atom. The number of sulfonamides is 1. The zero-order valence-electron chi connectivity index (χ0n) is 16.2. The van der Waals surface area contributed by atoms with Gasteiger partial charge in [0, 0.05) is 34.8 Å². The Bertz CT molecular complexity index is 1200. The zero-order valence-corrected chi connectivity index (χ0v) is 18.5. The zero-order chi connectivity index (χ0) is 21.3. The maximum absolute atomic E-state index is 13.3. The van der Waals surface area contributed by atoms with Gasteiger partial charge in [-0.3, -0.25) is 9.10 Å². The van der Waals surface area contributed by atoms with Gasteiger partial charge in [0.15, 0.2) is 0 Å². The summed E-state index contributed by atoms with van der Waals surface area (Å²) in [4.78, 5) is 16.0.